The smallest absolute Gasteiger partial charge is 0.0898 e. The van der Waals surface area contributed by atoms with Crippen molar-refractivity contribution in [3.8, 4) is 0 Å². The Kier molecular flexibility index (Phi) is 2.65. The minimum absolute atomic E-state index is 0.817. The molecule has 0 bridgehead atoms. The zero-order valence-corrected chi connectivity index (χ0v) is 8.31. The van der Waals surface area contributed by atoms with Gasteiger partial charge in [0.25, 0.3) is 0 Å². The average Bonchev–Trinajstić information content (AvgIpc) is 2.80. The Morgan fingerprint density at radius 3 is 3.14 bits per heavy atom. The third-order valence-electron chi connectivity index (χ3n) is 1.99. The predicted octanol–water partition coefficient (Wildman–Crippen LogP) is 2.41. The Hall–Kier alpha value is -1.55. The largest absolute Gasteiger partial charge is 0.411 e. The van der Waals surface area contributed by atoms with E-state index in [9.17, 15) is 0 Å². The van der Waals surface area contributed by atoms with E-state index in [-0.39, 0.29) is 0 Å². The zero-order chi connectivity index (χ0) is 9.80. The Morgan fingerprint density at radius 2 is 2.43 bits per heavy atom. The summed E-state index contributed by atoms with van der Waals surface area (Å²) in [5, 5.41) is 15.6. The van der Waals surface area contributed by atoms with Gasteiger partial charge in [-0.25, -0.2) is 0 Å². The first-order valence-electron chi connectivity index (χ1n) is 4.24. The first-order valence-corrected chi connectivity index (χ1v) is 5.18. The van der Waals surface area contributed by atoms with Crippen LogP contribution in [0.2, 0.25) is 0 Å². The molecule has 2 heterocycles. The van der Waals surface area contributed by atoms with Gasteiger partial charge in [0.1, 0.15) is 0 Å². The van der Waals surface area contributed by atoms with Crippen LogP contribution in [0.5, 0.6) is 0 Å². The van der Waals surface area contributed by atoms with E-state index in [1.54, 1.807) is 11.3 Å². The first kappa shape index (κ1) is 9.02. The summed E-state index contributed by atoms with van der Waals surface area (Å²) in [6, 6.07) is 5.93. The molecular formula is C10H10N2OS. The van der Waals surface area contributed by atoms with Crippen molar-refractivity contribution in [2.45, 2.75) is 6.54 Å². The Labute approximate surface area is 85.9 Å². The molecule has 0 radical (unpaired) electrons. The predicted molar refractivity (Wildman–Crippen MR) is 57.2 cm³/mol. The number of hydrogen-bond donors (Lipinski definition) is 1. The maximum Gasteiger partial charge on any atom is 0.0898 e. The van der Waals surface area contributed by atoms with Crippen molar-refractivity contribution in [3.05, 3.63) is 46.4 Å². The molecule has 0 atom stereocenters. The number of aromatic nitrogens is 1. The maximum absolute atomic E-state index is 8.45. The second-order valence-corrected chi connectivity index (χ2v) is 3.72. The van der Waals surface area contributed by atoms with E-state index in [0.717, 1.165) is 12.2 Å². The van der Waals surface area contributed by atoms with Gasteiger partial charge >= 0.3 is 0 Å². The second-order valence-electron chi connectivity index (χ2n) is 2.94. The number of hydrogen-bond acceptors (Lipinski definition) is 3. The van der Waals surface area contributed by atoms with Crippen molar-refractivity contribution in [2.24, 2.45) is 5.16 Å². The molecule has 2 aromatic rings. The highest BCUT2D eigenvalue weighted by Gasteiger charge is 1.99. The number of oxime groups is 1. The van der Waals surface area contributed by atoms with Gasteiger partial charge in [-0.05, 0) is 34.5 Å². The third-order valence-corrected chi connectivity index (χ3v) is 2.72. The maximum atomic E-state index is 8.45. The van der Waals surface area contributed by atoms with Gasteiger partial charge in [-0.2, -0.15) is 11.3 Å². The molecule has 1 N–H and O–H groups in total. The van der Waals surface area contributed by atoms with Crippen LogP contribution in [0.25, 0.3) is 0 Å². The lowest BCUT2D eigenvalue weighted by Crippen LogP contribution is -2.01. The molecule has 4 heteroatoms. The molecule has 2 rings (SSSR count). The van der Waals surface area contributed by atoms with Gasteiger partial charge in [0.15, 0.2) is 0 Å². The highest BCUT2D eigenvalue weighted by Crippen LogP contribution is 2.09. The number of thiophene rings is 1. The normalized spacial score (nSPS) is 11.1. The van der Waals surface area contributed by atoms with Crippen LogP contribution >= 0.6 is 11.3 Å². The molecule has 0 aromatic carbocycles. The number of nitrogens with zero attached hydrogens (tertiary/aromatic N) is 2. The molecule has 72 valence electrons. The van der Waals surface area contributed by atoms with Gasteiger partial charge in [-0.1, -0.05) is 5.16 Å². The molecule has 0 saturated heterocycles. The fourth-order valence-corrected chi connectivity index (χ4v) is 1.99. The standard InChI is InChI=1S/C10H10N2OS/c13-11-6-10-2-1-4-12(10)7-9-3-5-14-8-9/h1-6,8,13H,7H2/b11-6+. The SMILES string of the molecule is O/N=C/c1cccn1Cc1ccsc1. The highest BCUT2D eigenvalue weighted by atomic mass is 32.1. The summed E-state index contributed by atoms with van der Waals surface area (Å²) in [4.78, 5) is 0. The summed E-state index contributed by atoms with van der Waals surface area (Å²) in [5.41, 5.74) is 2.16. The fraction of sp³-hybridized carbons (Fsp3) is 0.100. The van der Waals surface area contributed by atoms with E-state index in [4.69, 9.17) is 5.21 Å². The van der Waals surface area contributed by atoms with E-state index in [1.165, 1.54) is 11.8 Å². The minimum Gasteiger partial charge on any atom is -0.411 e. The van der Waals surface area contributed by atoms with E-state index >= 15 is 0 Å². The van der Waals surface area contributed by atoms with Crippen LogP contribution in [0.4, 0.5) is 0 Å². The number of rotatable bonds is 3. The fourth-order valence-electron chi connectivity index (χ4n) is 1.33. The molecule has 0 aliphatic rings. The Balaban J connectivity index is 2.20. The molecule has 14 heavy (non-hydrogen) atoms. The molecule has 0 spiro atoms. The lowest BCUT2D eigenvalue weighted by atomic mass is 10.3. The van der Waals surface area contributed by atoms with Gasteiger partial charge in [0.05, 0.1) is 11.9 Å². The molecule has 3 nitrogen and oxygen atoms in total. The van der Waals surface area contributed by atoms with Crippen molar-refractivity contribution >= 4 is 17.6 Å². The third kappa shape index (κ3) is 1.85. The van der Waals surface area contributed by atoms with Crippen LogP contribution in [0.15, 0.2) is 40.3 Å². The molecular weight excluding hydrogens is 196 g/mol. The van der Waals surface area contributed by atoms with Crippen molar-refractivity contribution < 1.29 is 5.21 Å². The van der Waals surface area contributed by atoms with E-state index in [2.05, 4.69) is 22.0 Å². The highest BCUT2D eigenvalue weighted by molar-refractivity contribution is 7.07. The Morgan fingerprint density at radius 1 is 1.50 bits per heavy atom. The molecule has 2 aromatic heterocycles. The zero-order valence-electron chi connectivity index (χ0n) is 7.50. The van der Waals surface area contributed by atoms with Gasteiger partial charge in [0, 0.05) is 12.7 Å². The molecule has 0 amide bonds. The molecule has 0 aliphatic heterocycles. The van der Waals surface area contributed by atoms with Gasteiger partial charge < -0.3 is 9.77 Å². The lowest BCUT2D eigenvalue weighted by Gasteiger charge is -2.03. The second kappa shape index (κ2) is 4.11. The lowest BCUT2D eigenvalue weighted by molar-refractivity contribution is 0.321. The van der Waals surface area contributed by atoms with Crippen molar-refractivity contribution in [1.29, 1.82) is 0 Å². The first-order chi connectivity index (χ1) is 6.90. The van der Waals surface area contributed by atoms with E-state index < -0.39 is 0 Å². The summed E-state index contributed by atoms with van der Waals surface area (Å²) < 4.78 is 2.03. The van der Waals surface area contributed by atoms with Crippen LogP contribution < -0.4 is 0 Å². The van der Waals surface area contributed by atoms with Crippen molar-refractivity contribution in [3.63, 3.8) is 0 Å². The van der Waals surface area contributed by atoms with Gasteiger partial charge in [-0.15, -0.1) is 0 Å². The van der Waals surface area contributed by atoms with Gasteiger partial charge in [0.2, 0.25) is 0 Å². The molecule has 0 fully saturated rings. The summed E-state index contributed by atoms with van der Waals surface area (Å²) >= 11 is 1.68. The van der Waals surface area contributed by atoms with E-state index in [1.807, 2.05) is 22.9 Å². The molecule has 0 saturated carbocycles. The summed E-state index contributed by atoms with van der Waals surface area (Å²) in [7, 11) is 0. The van der Waals surface area contributed by atoms with Crippen molar-refractivity contribution in [2.75, 3.05) is 0 Å². The molecule has 0 aliphatic carbocycles. The van der Waals surface area contributed by atoms with Crippen molar-refractivity contribution in [1.82, 2.24) is 4.57 Å². The van der Waals surface area contributed by atoms with Crippen LogP contribution in [-0.2, 0) is 6.54 Å². The minimum atomic E-state index is 0.817. The van der Waals surface area contributed by atoms with E-state index in [0.29, 0.717) is 0 Å². The van der Waals surface area contributed by atoms with Crippen LogP contribution in [0.3, 0.4) is 0 Å². The molecule has 0 unspecified atom stereocenters. The summed E-state index contributed by atoms with van der Waals surface area (Å²) in [6.07, 6.45) is 3.40. The quantitative estimate of drug-likeness (QED) is 0.467. The summed E-state index contributed by atoms with van der Waals surface area (Å²) in [5.74, 6) is 0. The summed E-state index contributed by atoms with van der Waals surface area (Å²) in [6.45, 7) is 0.817. The topological polar surface area (TPSA) is 37.5 Å². The van der Waals surface area contributed by atoms with Crippen LogP contribution in [0.1, 0.15) is 11.3 Å². The van der Waals surface area contributed by atoms with Gasteiger partial charge in [-0.3, -0.25) is 0 Å². The Bertz CT molecular complexity index is 417. The van der Waals surface area contributed by atoms with Crippen LogP contribution in [-0.4, -0.2) is 16.0 Å². The van der Waals surface area contributed by atoms with Crippen LogP contribution in [0, 0.1) is 0 Å². The average molecular weight is 206 g/mol. The monoisotopic (exact) mass is 206 g/mol.